The molecule has 4 nitrogen and oxygen atoms in total. The average Bonchev–Trinajstić information content (AvgIpc) is 4.19. The summed E-state index contributed by atoms with van der Waals surface area (Å²) in [4.78, 5) is 2.42. The number of benzene rings is 10. The molecule has 14 aromatic rings. The van der Waals surface area contributed by atoms with Crippen molar-refractivity contribution in [3.8, 4) is 17.1 Å². The highest BCUT2D eigenvalue weighted by Crippen LogP contribution is 2.45. The number of para-hydroxylation sites is 5. The fourth-order valence-corrected chi connectivity index (χ4v) is 11.9. The summed E-state index contributed by atoms with van der Waals surface area (Å²) in [6, 6.07) is 86.1. The Morgan fingerprint density at radius 3 is 1.38 bits per heavy atom. The highest BCUT2D eigenvalue weighted by molar-refractivity contribution is 7.17. The molecule has 0 bridgehead atoms. The van der Waals surface area contributed by atoms with Crippen molar-refractivity contribution in [1.82, 2.24) is 13.7 Å². The zero-order valence-electron chi connectivity index (χ0n) is 38.6. The van der Waals surface area contributed by atoms with Crippen molar-refractivity contribution >= 4 is 116 Å². The molecule has 0 aliphatic rings. The monoisotopic (exact) mass is 924 g/mol. The normalized spacial score (nSPS) is 12.1. The smallest absolute Gasteiger partial charge is 0.0788 e. The molecule has 14 rings (SSSR count). The van der Waals surface area contributed by atoms with Crippen molar-refractivity contribution in [3.63, 3.8) is 0 Å². The Hall–Kier alpha value is -9.16. The van der Waals surface area contributed by atoms with Gasteiger partial charge in [0.25, 0.3) is 0 Å². The van der Waals surface area contributed by atoms with Crippen molar-refractivity contribution in [1.29, 1.82) is 0 Å². The highest BCUT2D eigenvalue weighted by Gasteiger charge is 2.23. The minimum absolute atomic E-state index is 1.08. The van der Waals surface area contributed by atoms with Crippen LogP contribution in [0.1, 0.15) is 11.1 Å². The van der Waals surface area contributed by atoms with Gasteiger partial charge in [-0.2, -0.15) is 0 Å². The molecule has 334 valence electrons. The van der Waals surface area contributed by atoms with Gasteiger partial charge < -0.3 is 18.6 Å². The summed E-state index contributed by atoms with van der Waals surface area (Å²) in [6.45, 7) is 0. The fraction of sp³-hybridized carbons (Fsp3) is 0. The van der Waals surface area contributed by atoms with Gasteiger partial charge in [0.1, 0.15) is 0 Å². The van der Waals surface area contributed by atoms with Crippen molar-refractivity contribution in [2.75, 3.05) is 4.90 Å². The third-order valence-corrected chi connectivity index (χ3v) is 15.1. The van der Waals surface area contributed by atoms with E-state index in [1.54, 1.807) is 11.3 Å². The number of thiophene rings is 1. The van der Waals surface area contributed by atoms with Crippen molar-refractivity contribution in [3.05, 3.63) is 265 Å². The lowest BCUT2D eigenvalue weighted by atomic mass is 10.1. The Bertz CT molecular complexity index is 4380. The second-order valence-corrected chi connectivity index (χ2v) is 19.1. The second-order valence-electron chi connectivity index (χ2n) is 18.1. The molecule has 4 heterocycles. The lowest BCUT2D eigenvalue weighted by molar-refractivity contribution is 1.15. The summed E-state index contributed by atoms with van der Waals surface area (Å²) in [5, 5.41) is 10.8. The first-order valence-electron chi connectivity index (χ1n) is 24.2. The first kappa shape index (κ1) is 40.9. The van der Waals surface area contributed by atoms with Crippen LogP contribution in [0.25, 0.3) is 105 Å². The van der Waals surface area contributed by atoms with Crippen LogP contribution in [0, 0.1) is 0 Å². The van der Waals surface area contributed by atoms with Gasteiger partial charge in [0, 0.05) is 71.1 Å². The van der Waals surface area contributed by atoms with Crippen LogP contribution in [0.5, 0.6) is 0 Å². The molecular formula is C66H44N4S. The van der Waals surface area contributed by atoms with E-state index in [1.165, 1.54) is 75.6 Å². The average molecular weight is 925 g/mol. The van der Waals surface area contributed by atoms with E-state index < -0.39 is 0 Å². The number of hydrogen-bond donors (Lipinski definition) is 0. The van der Waals surface area contributed by atoms with Gasteiger partial charge in [0.2, 0.25) is 0 Å². The number of allylic oxidation sites excluding steroid dienone is 2. The van der Waals surface area contributed by atoms with E-state index in [0.717, 1.165) is 45.2 Å². The lowest BCUT2D eigenvalue weighted by Crippen LogP contribution is -2.10. The molecule has 5 heteroatoms. The van der Waals surface area contributed by atoms with Crippen LogP contribution < -0.4 is 4.90 Å². The molecule has 0 unspecified atom stereocenters. The number of fused-ring (bicyclic) bond motifs is 11. The summed E-state index contributed by atoms with van der Waals surface area (Å²) in [5.41, 5.74) is 16.1. The maximum absolute atomic E-state index is 2.47. The SMILES string of the molecule is C(=C/c1csc2ccccc12)/C=C/c1ccc(N(c2ccc3c(c2)c2ccccc2n3-c2ccccc2)c2ccc3c(c2)c2ccc4c5ccccc5n(-c5ccccc5)c4c2n3-c2ccccc2)cc1. The van der Waals surface area contributed by atoms with Crippen LogP contribution in [0.3, 0.4) is 0 Å². The maximum atomic E-state index is 2.47. The zero-order valence-corrected chi connectivity index (χ0v) is 39.4. The van der Waals surface area contributed by atoms with Crippen molar-refractivity contribution in [2.24, 2.45) is 0 Å². The van der Waals surface area contributed by atoms with E-state index in [9.17, 15) is 0 Å². The minimum atomic E-state index is 1.08. The van der Waals surface area contributed by atoms with Crippen LogP contribution in [-0.2, 0) is 0 Å². The van der Waals surface area contributed by atoms with Gasteiger partial charge >= 0.3 is 0 Å². The van der Waals surface area contributed by atoms with E-state index in [-0.39, 0.29) is 0 Å². The molecule has 0 N–H and O–H groups in total. The summed E-state index contributed by atoms with van der Waals surface area (Å²) in [7, 11) is 0. The molecule has 10 aromatic carbocycles. The predicted molar refractivity (Wildman–Crippen MR) is 304 cm³/mol. The number of hydrogen-bond acceptors (Lipinski definition) is 2. The van der Waals surface area contributed by atoms with Gasteiger partial charge in [-0.1, -0.05) is 158 Å². The summed E-state index contributed by atoms with van der Waals surface area (Å²) in [6.07, 6.45) is 8.67. The van der Waals surface area contributed by atoms with Gasteiger partial charge in [-0.05, 0) is 125 Å². The molecule has 0 fully saturated rings. The number of rotatable bonds is 9. The molecule has 0 amide bonds. The van der Waals surface area contributed by atoms with Crippen LogP contribution >= 0.6 is 11.3 Å². The zero-order chi connectivity index (χ0) is 46.8. The minimum Gasteiger partial charge on any atom is -0.310 e. The molecule has 0 aliphatic heterocycles. The predicted octanol–water partition coefficient (Wildman–Crippen LogP) is 18.4. The molecule has 0 spiro atoms. The summed E-state index contributed by atoms with van der Waals surface area (Å²) in [5.74, 6) is 0. The third kappa shape index (κ3) is 6.74. The maximum Gasteiger partial charge on any atom is 0.0788 e. The first-order valence-corrected chi connectivity index (χ1v) is 25.0. The fourth-order valence-electron chi connectivity index (χ4n) is 11.0. The van der Waals surface area contributed by atoms with Gasteiger partial charge in [-0.25, -0.2) is 0 Å². The molecule has 0 saturated heterocycles. The summed E-state index contributed by atoms with van der Waals surface area (Å²) < 4.78 is 8.62. The standard InChI is InChI=1S/C66H44N4S/c1-4-20-47(21-5-1)68-60-29-15-13-28-55(60)58-42-51(36-40-62(58)68)67(50-34-32-45(33-35-50)18-10-11-19-46-44-71-64-31-17-14-26-53(46)64)52-37-41-63-59(43-52)57-39-38-56-54-27-12-16-30-61(54)69(48-22-6-2-7-23-48)65(56)66(57)70(63)49-24-8-3-9-25-49/h1-44H/b18-10+,19-11-. The van der Waals surface area contributed by atoms with E-state index in [0.29, 0.717) is 0 Å². The largest absolute Gasteiger partial charge is 0.310 e. The third-order valence-electron chi connectivity index (χ3n) is 14.1. The molecule has 0 aliphatic carbocycles. The van der Waals surface area contributed by atoms with Crippen molar-refractivity contribution in [2.45, 2.75) is 0 Å². The van der Waals surface area contributed by atoms with E-state index in [1.807, 2.05) is 0 Å². The number of nitrogens with zero attached hydrogens (tertiary/aromatic N) is 4. The Morgan fingerprint density at radius 1 is 0.324 bits per heavy atom. The molecule has 0 radical (unpaired) electrons. The molecule has 4 aromatic heterocycles. The van der Waals surface area contributed by atoms with Crippen LogP contribution in [0.2, 0.25) is 0 Å². The van der Waals surface area contributed by atoms with Gasteiger partial charge in [0.05, 0.1) is 33.1 Å². The lowest BCUT2D eigenvalue weighted by Gasteiger charge is -2.26. The molecule has 0 atom stereocenters. The Balaban J connectivity index is 0.970. The van der Waals surface area contributed by atoms with E-state index in [4.69, 9.17) is 0 Å². The highest BCUT2D eigenvalue weighted by atomic mass is 32.1. The Labute approximate surface area is 414 Å². The Morgan fingerprint density at radius 2 is 0.761 bits per heavy atom. The first-order chi connectivity index (χ1) is 35.2. The molecule has 0 saturated carbocycles. The van der Waals surface area contributed by atoms with Crippen molar-refractivity contribution < 1.29 is 0 Å². The van der Waals surface area contributed by atoms with Gasteiger partial charge in [0.15, 0.2) is 0 Å². The van der Waals surface area contributed by atoms with Crippen LogP contribution in [0.4, 0.5) is 17.1 Å². The van der Waals surface area contributed by atoms with Crippen LogP contribution in [-0.4, -0.2) is 13.7 Å². The quantitative estimate of drug-likeness (QED) is 0.132. The summed E-state index contributed by atoms with van der Waals surface area (Å²) >= 11 is 1.79. The van der Waals surface area contributed by atoms with E-state index >= 15 is 0 Å². The van der Waals surface area contributed by atoms with Gasteiger partial charge in [-0.15, -0.1) is 11.3 Å². The Kier molecular flexibility index (Phi) is 9.68. The molecule has 71 heavy (non-hydrogen) atoms. The van der Waals surface area contributed by atoms with E-state index in [2.05, 4.69) is 285 Å². The number of anilines is 3. The number of aromatic nitrogens is 3. The second kappa shape index (κ2) is 16.8. The topological polar surface area (TPSA) is 18.0 Å². The molecular weight excluding hydrogens is 881 g/mol. The van der Waals surface area contributed by atoms with Crippen LogP contribution in [0.15, 0.2) is 254 Å². The van der Waals surface area contributed by atoms with Gasteiger partial charge in [-0.3, -0.25) is 0 Å².